The number of hydrogen-bond donors (Lipinski definition) is 1. The molecule has 1 heterocycles. The Bertz CT molecular complexity index is 890. The number of rotatable bonds is 3. The van der Waals surface area contributed by atoms with Crippen molar-refractivity contribution in [3.63, 3.8) is 0 Å². The Kier molecular flexibility index (Phi) is 5.29. The van der Waals surface area contributed by atoms with Crippen LogP contribution in [0.5, 0.6) is 0 Å². The minimum atomic E-state index is -3.51. The Morgan fingerprint density at radius 2 is 1.58 bits per heavy atom. The molecule has 1 aliphatic rings. The molecule has 0 aromatic heterocycles. The number of amides is 2. The SMILES string of the molecule is Cc1ccc(NC(=O)N2CCN(S(=O)(=O)c3ccccc3)CC2)cc1C. The van der Waals surface area contributed by atoms with E-state index in [1.54, 1.807) is 35.2 Å². The van der Waals surface area contributed by atoms with Crippen LogP contribution in [0.4, 0.5) is 10.5 Å². The number of benzene rings is 2. The zero-order valence-electron chi connectivity index (χ0n) is 15.0. The summed E-state index contributed by atoms with van der Waals surface area (Å²) in [6.07, 6.45) is 0. The second-order valence-corrected chi connectivity index (χ2v) is 8.37. The van der Waals surface area contributed by atoms with E-state index >= 15 is 0 Å². The molecule has 3 rings (SSSR count). The summed E-state index contributed by atoms with van der Waals surface area (Å²) in [5.74, 6) is 0. The molecule has 138 valence electrons. The Balaban J connectivity index is 1.61. The van der Waals surface area contributed by atoms with Crippen molar-refractivity contribution in [2.24, 2.45) is 0 Å². The lowest BCUT2D eigenvalue weighted by Crippen LogP contribution is -2.51. The molecule has 0 radical (unpaired) electrons. The molecular formula is C19H23N3O3S. The second-order valence-electron chi connectivity index (χ2n) is 6.43. The van der Waals surface area contributed by atoms with Gasteiger partial charge in [-0.1, -0.05) is 24.3 Å². The van der Waals surface area contributed by atoms with Gasteiger partial charge < -0.3 is 10.2 Å². The first-order valence-corrected chi connectivity index (χ1v) is 10.0. The van der Waals surface area contributed by atoms with Gasteiger partial charge in [0.1, 0.15) is 0 Å². The highest BCUT2D eigenvalue weighted by Gasteiger charge is 2.29. The molecule has 7 heteroatoms. The summed E-state index contributed by atoms with van der Waals surface area (Å²) in [6.45, 7) is 5.33. The van der Waals surface area contributed by atoms with Crippen LogP contribution < -0.4 is 5.32 Å². The predicted molar refractivity (Wildman–Crippen MR) is 102 cm³/mol. The van der Waals surface area contributed by atoms with E-state index in [9.17, 15) is 13.2 Å². The first-order valence-electron chi connectivity index (χ1n) is 8.56. The summed E-state index contributed by atoms with van der Waals surface area (Å²) in [7, 11) is -3.51. The number of carbonyl (C=O) groups excluding carboxylic acids is 1. The quantitative estimate of drug-likeness (QED) is 0.899. The third kappa shape index (κ3) is 3.89. The highest BCUT2D eigenvalue weighted by Crippen LogP contribution is 2.18. The van der Waals surface area contributed by atoms with Crippen LogP contribution >= 0.6 is 0 Å². The lowest BCUT2D eigenvalue weighted by Gasteiger charge is -2.34. The van der Waals surface area contributed by atoms with E-state index in [4.69, 9.17) is 0 Å². The second kappa shape index (κ2) is 7.47. The van der Waals surface area contributed by atoms with Crippen LogP contribution in [0.25, 0.3) is 0 Å². The van der Waals surface area contributed by atoms with Crippen LogP contribution in [0.1, 0.15) is 11.1 Å². The van der Waals surface area contributed by atoms with E-state index in [0.717, 1.165) is 11.3 Å². The number of nitrogens with zero attached hydrogens (tertiary/aromatic N) is 2. The molecule has 0 atom stereocenters. The van der Waals surface area contributed by atoms with Crippen molar-refractivity contribution in [3.8, 4) is 0 Å². The summed E-state index contributed by atoms with van der Waals surface area (Å²) in [4.78, 5) is 14.4. The molecule has 1 fully saturated rings. The molecule has 26 heavy (non-hydrogen) atoms. The van der Waals surface area contributed by atoms with Gasteiger partial charge in [0.05, 0.1) is 4.90 Å². The monoisotopic (exact) mass is 373 g/mol. The lowest BCUT2D eigenvalue weighted by molar-refractivity contribution is 0.184. The lowest BCUT2D eigenvalue weighted by atomic mass is 10.1. The third-order valence-corrected chi connectivity index (χ3v) is 6.58. The van der Waals surface area contributed by atoms with Crippen LogP contribution in [-0.2, 0) is 10.0 Å². The molecular weight excluding hydrogens is 350 g/mol. The average Bonchev–Trinajstić information content (AvgIpc) is 2.65. The van der Waals surface area contributed by atoms with Gasteiger partial charge in [-0.05, 0) is 49.2 Å². The van der Waals surface area contributed by atoms with E-state index < -0.39 is 10.0 Å². The highest BCUT2D eigenvalue weighted by molar-refractivity contribution is 7.89. The number of anilines is 1. The number of nitrogens with one attached hydrogen (secondary N) is 1. The fraction of sp³-hybridized carbons (Fsp3) is 0.316. The summed E-state index contributed by atoms with van der Waals surface area (Å²) in [5.41, 5.74) is 3.03. The summed E-state index contributed by atoms with van der Waals surface area (Å²) >= 11 is 0. The molecule has 2 aromatic carbocycles. The molecule has 0 saturated carbocycles. The Labute approximate surface area is 154 Å². The molecule has 1 aliphatic heterocycles. The zero-order valence-corrected chi connectivity index (χ0v) is 15.8. The van der Waals surface area contributed by atoms with E-state index in [1.807, 2.05) is 32.0 Å². The highest BCUT2D eigenvalue weighted by atomic mass is 32.2. The van der Waals surface area contributed by atoms with Crippen molar-refractivity contribution in [1.82, 2.24) is 9.21 Å². The fourth-order valence-corrected chi connectivity index (χ4v) is 4.34. The standard InChI is InChI=1S/C19H23N3O3S/c1-15-8-9-17(14-16(15)2)20-19(23)21-10-12-22(13-11-21)26(24,25)18-6-4-3-5-7-18/h3-9,14H,10-13H2,1-2H3,(H,20,23). The summed E-state index contributed by atoms with van der Waals surface area (Å²) < 4.78 is 26.7. The molecule has 0 spiro atoms. The molecule has 0 bridgehead atoms. The number of hydrogen-bond acceptors (Lipinski definition) is 3. The first kappa shape index (κ1) is 18.4. The van der Waals surface area contributed by atoms with Gasteiger partial charge in [-0.15, -0.1) is 0 Å². The van der Waals surface area contributed by atoms with Crippen molar-refractivity contribution >= 4 is 21.7 Å². The average molecular weight is 373 g/mol. The van der Waals surface area contributed by atoms with Crippen LogP contribution in [0, 0.1) is 13.8 Å². The largest absolute Gasteiger partial charge is 0.322 e. The third-order valence-electron chi connectivity index (χ3n) is 4.67. The molecule has 2 aromatic rings. The Morgan fingerprint density at radius 3 is 2.19 bits per heavy atom. The van der Waals surface area contributed by atoms with Gasteiger partial charge in [-0.2, -0.15) is 4.31 Å². The van der Waals surface area contributed by atoms with Crippen LogP contribution in [0.3, 0.4) is 0 Å². The van der Waals surface area contributed by atoms with Crippen LogP contribution in [-0.4, -0.2) is 49.8 Å². The maximum atomic E-state index is 12.6. The molecule has 0 unspecified atom stereocenters. The minimum Gasteiger partial charge on any atom is -0.322 e. The van der Waals surface area contributed by atoms with E-state index in [0.29, 0.717) is 13.1 Å². The van der Waals surface area contributed by atoms with Gasteiger partial charge in [0, 0.05) is 31.9 Å². The van der Waals surface area contributed by atoms with E-state index in [1.165, 1.54) is 9.87 Å². The molecule has 0 aliphatic carbocycles. The van der Waals surface area contributed by atoms with Gasteiger partial charge in [-0.25, -0.2) is 13.2 Å². The molecule has 6 nitrogen and oxygen atoms in total. The minimum absolute atomic E-state index is 0.204. The zero-order chi connectivity index (χ0) is 18.7. The van der Waals surface area contributed by atoms with Crippen molar-refractivity contribution < 1.29 is 13.2 Å². The molecule has 2 amide bonds. The van der Waals surface area contributed by atoms with Gasteiger partial charge in [-0.3, -0.25) is 0 Å². The van der Waals surface area contributed by atoms with Crippen LogP contribution in [0.15, 0.2) is 53.4 Å². The van der Waals surface area contributed by atoms with Crippen molar-refractivity contribution in [2.45, 2.75) is 18.7 Å². The molecule has 1 saturated heterocycles. The number of carbonyl (C=O) groups is 1. The Morgan fingerprint density at radius 1 is 0.923 bits per heavy atom. The van der Waals surface area contributed by atoms with E-state index in [-0.39, 0.29) is 24.0 Å². The predicted octanol–water partition coefficient (Wildman–Crippen LogP) is 2.84. The van der Waals surface area contributed by atoms with Crippen LogP contribution in [0.2, 0.25) is 0 Å². The van der Waals surface area contributed by atoms with E-state index in [2.05, 4.69) is 5.32 Å². The number of aryl methyl sites for hydroxylation is 2. The number of piperazine rings is 1. The maximum Gasteiger partial charge on any atom is 0.321 e. The van der Waals surface area contributed by atoms with Gasteiger partial charge >= 0.3 is 6.03 Å². The van der Waals surface area contributed by atoms with Gasteiger partial charge in [0.15, 0.2) is 0 Å². The van der Waals surface area contributed by atoms with Gasteiger partial charge in [0.25, 0.3) is 0 Å². The summed E-state index contributed by atoms with van der Waals surface area (Å²) in [6, 6.07) is 14.0. The van der Waals surface area contributed by atoms with Crippen molar-refractivity contribution in [1.29, 1.82) is 0 Å². The first-order chi connectivity index (χ1) is 12.4. The Hall–Kier alpha value is -2.38. The topological polar surface area (TPSA) is 69.7 Å². The molecule has 1 N–H and O–H groups in total. The number of urea groups is 1. The smallest absolute Gasteiger partial charge is 0.321 e. The normalized spacial score (nSPS) is 15.7. The maximum absolute atomic E-state index is 12.6. The fourth-order valence-electron chi connectivity index (χ4n) is 2.89. The summed E-state index contributed by atoms with van der Waals surface area (Å²) in [5, 5.41) is 2.88. The van der Waals surface area contributed by atoms with Gasteiger partial charge in [0.2, 0.25) is 10.0 Å². The number of sulfonamides is 1. The van der Waals surface area contributed by atoms with Crippen molar-refractivity contribution in [2.75, 3.05) is 31.5 Å². The van der Waals surface area contributed by atoms with Crippen molar-refractivity contribution in [3.05, 3.63) is 59.7 Å².